The number of nitrogens with zero attached hydrogens (tertiary/aromatic N) is 9. The lowest BCUT2D eigenvalue weighted by atomic mass is 9.74. The minimum absolute atomic E-state index is 0.0547. The van der Waals surface area contributed by atoms with E-state index in [0.717, 1.165) is 56.6 Å². The molecule has 5 aliphatic rings. The van der Waals surface area contributed by atoms with Crippen LogP contribution in [0.25, 0.3) is 0 Å². The molecule has 5 aliphatic heterocycles. The number of nitrogens with one attached hydrogen (secondary N) is 3. The monoisotopic (exact) mass is 889 g/mol. The number of nitrogens with two attached hydrogens (primary N) is 1. The summed E-state index contributed by atoms with van der Waals surface area (Å²) in [6, 6.07) is 12.9. The summed E-state index contributed by atoms with van der Waals surface area (Å²) in [5.74, 6) is -0.380. The zero-order valence-corrected chi connectivity index (χ0v) is 36.7. The van der Waals surface area contributed by atoms with Gasteiger partial charge in [0.15, 0.2) is 17.9 Å². The maximum absolute atomic E-state index is 13.3. The molecule has 5 amide bonds. The van der Waals surface area contributed by atoms with Gasteiger partial charge in [0.1, 0.15) is 11.9 Å². The summed E-state index contributed by atoms with van der Waals surface area (Å²) in [5, 5.41) is 27.7. The van der Waals surface area contributed by atoms with Crippen molar-refractivity contribution in [1.29, 1.82) is 0 Å². The molecule has 4 fully saturated rings. The van der Waals surface area contributed by atoms with E-state index in [1.54, 1.807) is 24.4 Å². The first-order chi connectivity index (χ1) is 31.3. The number of aliphatic hydroxyl groups excluding tert-OH is 1. The quantitative estimate of drug-likeness (QED) is 0.121. The molecule has 342 valence electrons. The van der Waals surface area contributed by atoms with Crippen molar-refractivity contribution >= 4 is 58.6 Å². The SMILES string of the molecule is CN1CCN([C@@H]2CCCN(c3cnc(C(N)=O)c(Nc4ccc(C5(C)CCN(C(=O)CCCc6nnc(Nc7cccc8c7CN(C7CCC(=O)NC7=O)C8=O)o6)CC5)cc4)n3)C2)C1O. The van der Waals surface area contributed by atoms with Crippen LogP contribution in [-0.2, 0) is 32.8 Å². The molecular formula is C45H55N13O7. The first-order valence-electron chi connectivity index (χ1n) is 22.4. The molecule has 2 aromatic carbocycles. The smallest absolute Gasteiger partial charge is 0.320 e. The van der Waals surface area contributed by atoms with Crippen LogP contribution in [0.15, 0.2) is 53.1 Å². The lowest BCUT2D eigenvalue weighted by Crippen LogP contribution is -2.52. The highest BCUT2D eigenvalue weighted by Crippen LogP contribution is 2.37. The average molecular weight is 890 g/mol. The van der Waals surface area contributed by atoms with Crippen molar-refractivity contribution < 1.29 is 33.5 Å². The van der Waals surface area contributed by atoms with Crippen LogP contribution in [-0.4, -0.2) is 139 Å². The number of anilines is 5. The van der Waals surface area contributed by atoms with Gasteiger partial charge < -0.3 is 40.6 Å². The van der Waals surface area contributed by atoms with E-state index in [1.165, 1.54) is 4.90 Å². The maximum Gasteiger partial charge on any atom is 0.320 e. The third-order valence-electron chi connectivity index (χ3n) is 13.7. The number of rotatable bonds is 13. The highest BCUT2D eigenvalue weighted by atomic mass is 16.4. The summed E-state index contributed by atoms with van der Waals surface area (Å²) in [4.78, 5) is 82.0. The van der Waals surface area contributed by atoms with E-state index >= 15 is 0 Å². The molecule has 4 saturated heterocycles. The second-order valence-electron chi connectivity index (χ2n) is 18.0. The predicted molar refractivity (Wildman–Crippen MR) is 237 cm³/mol. The van der Waals surface area contributed by atoms with E-state index in [2.05, 4.69) is 60.0 Å². The van der Waals surface area contributed by atoms with Crippen molar-refractivity contribution in [3.63, 3.8) is 0 Å². The molecule has 0 aliphatic carbocycles. The number of benzene rings is 2. The van der Waals surface area contributed by atoms with Gasteiger partial charge in [-0.25, -0.2) is 9.97 Å². The number of imide groups is 1. The largest absolute Gasteiger partial charge is 0.408 e. The Morgan fingerprint density at radius 2 is 1.80 bits per heavy atom. The summed E-state index contributed by atoms with van der Waals surface area (Å²) in [6.45, 7) is 6.77. The van der Waals surface area contributed by atoms with E-state index in [-0.39, 0.29) is 66.1 Å². The van der Waals surface area contributed by atoms with Crippen molar-refractivity contribution in [2.24, 2.45) is 5.73 Å². The van der Waals surface area contributed by atoms with Crippen LogP contribution >= 0.6 is 0 Å². The fourth-order valence-electron chi connectivity index (χ4n) is 9.76. The minimum Gasteiger partial charge on any atom is -0.408 e. The van der Waals surface area contributed by atoms with E-state index < -0.39 is 24.2 Å². The number of carbonyl (C=O) groups is 5. The third-order valence-corrected chi connectivity index (χ3v) is 13.7. The van der Waals surface area contributed by atoms with E-state index in [9.17, 15) is 29.1 Å². The minimum atomic E-state index is -0.720. The molecule has 20 heteroatoms. The number of likely N-dealkylation sites (N-methyl/N-ethyl adjacent to an activating group) is 1. The number of aryl methyl sites for hydroxylation is 1. The van der Waals surface area contributed by atoms with Gasteiger partial charge in [0.25, 0.3) is 11.8 Å². The third kappa shape index (κ3) is 9.10. The highest BCUT2D eigenvalue weighted by Gasteiger charge is 2.41. The van der Waals surface area contributed by atoms with Crippen LogP contribution in [0.2, 0.25) is 0 Å². The summed E-state index contributed by atoms with van der Waals surface area (Å²) < 4.78 is 5.86. The summed E-state index contributed by atoms with van der Waals surface area (Å²) in [7, 11) is 1.92. The van der Waals surface area contributed by atoms with Crippen LogP contribution in [0.5, 0.6) is 0 Å². The fourth-order valence-corrected chi connectivity index (χ4v) is 9.76. The van der Waals surface area contributed by atoms with Gasteiger partial charge in [-0.3, -0.25) is 39.1 Å². The average Bonchev–Trinajstić information content (AvgIpc) is 4.00. The first kappa shape index (κ1) is 43.7. The topological polar surface area (TPSA) is 249 Å². The first-order valence-corrected chi connectivity index (χ1v) is 22.4. The van der Waals surface area contributed by atoms with Gasteiger partial charge in [0.05, 0.1) is 6.20 Å². The van der Waals surface area contributed by atoms with E-state index in [1.807, 2.05) is 29.0 Å². The molecule has 0 radical (unpaired) electrons. The Bertz CT molecular complexity index is 2470. The molecule has 65 heavy (non-hydrogen) atoms. The van der Waals surface area contributed by atoms with Gasteiger partial charge in [-0.05, 0) is 80.8 Å². The summed E-state index contributed by atoms with van der Waals surface area (Å²) in [6.07, 6.45) is 6.23. The Kier molecular flexibility index (Phi) is 12.2. The number of hydrogen-bond acceptors (Lipinski definition) is 16. The number of carbonyl (C=O) groups excluding carboxylic acids is 5. The van der Waals surface area contributed by atoms with E-state index in [4.69, 9.17) is 15.1 Å². The lowest BCUT2D eigenvalue weighted by Gasteiger charge is -2.40. The molecule has 0 spiro atoms. The Morgan fingerprint density at radius 3 is 2.54 bits per heavy atom. The Labute approximate surface area is 375 Å². The lowest BCUT2D eigenvalue weighted by molar-refractivity contribution is -0.137. The van der Waals surface area contributed by atoms with Crippen LogP contribution in [0, 0.1) is 0 Å². The molecule has 20 nitrogen and oxygen atoms in total. The van der Waals surface area contributed by atoms with Crippen molar-refractivity contribution in [2.75, 3.05) is 61.8 Å². The van der Waals surface area contributed by atoms with Crippen LogP contribution in [0.3, 0.4) is 0 Å². The molecule has 0 bridgehead atoms. The normalized spacial score (nSPS) is 22.5. The number of likely N-dealkylation sites (tertiary alicyclic amines) is 1. The number of fused-ring (bicyclic) bond motifs is 1. The summed E-state index contributed by atoms with van der Waals surface area (Å²) in [5.41, 5.74) is 9.29. The van der Waals surface area contributed by atoms with Crippen LogP contribution in [0.1, 0.15) is 96.2 Å². The number of aliphatic hydroxyl groups is 1. The number of aromatic nitrogens is 4. The molecule has 9 rings (SSSR count). The standard InChI is InChI=1S/C45H55N13O7/c1-45(27-11-13-28(14-12-27)48-40-38(39(46)61)47-24-34(50-40)56-19-5-6-29(25-56)57-23-22-54(2)44(57)64)17-20-55(21-18-45)37(60)10-4-9-36-52-53-43(65-36)49-32-8-3-7-30-31(32)26-58(42(30)63)33-15-16-35(59)51-41(33)62/h3,7-8,11-14,24,29,33,44,64H,4-6,9-10,15-23,25-26H2,1-2H3,(H2,46,61)(H,48,50)(H,49,53)(H,51,59,62)/t29-,33?,44?/m1/s1. The van der Waals surface area contributed by atoms with Crippen LogP contribution in [0.4, 0.5) is 29.0 Å². The van der Waals surface area contributed by atoms with Gasteiger partial charge in [-0.2, -0.15) is 0 Å². The van der Waals surface area contributed by atoms with Gasteiger partial charge in [0, 0.05) is 93.6 Å². The number of piperidine rings is 3. The number of amides is 5. The maximum atomic E-state index is 13.3. The molecule has 7 heterocycles. The summed E-state index contributed by atoms with van der Waals surface area (Å²) >= 11 is 0. The molecule has 0 saturated carbocycles. The Hall–Kier alpha value is -6.51. The predicted octanol–water partition coefficient (Wildman–Crippen LogP) is 2.60. The van der Waals surface area contributed by atoms with Crippen molar-refractivity contribution in [3.8, 4) is 0 Å². The van der Waals surface area contributed by atoms with Gasteiger partial charge in [-0.15, -0.1) is 5.10 Å². The zero-order chi connectivity index (χ0) is 45.4. The molecule has 3 atom stereocenters. The number of primary amides is 1. The Morgan fingerprint density at radius 1 is 1.00 bits per heavy atom. The molecule has 2 unspecified atom stereocenters. The van der Waals surface area contributed by atoms with Gasteiger partial charge in [0.2, 0.25) is 23.6 Å². The molecule has 6 N–H and O–H groups in total. The Balaban J connectivity index is 0.749. The van der Waals surface area contributed by atoms with Crippen LogP contribution < -0.4 is 26.6 Å². The second kappa shape index (κ2) is 18.2. The fraction of sp³-hybridized carbons (Fsp3) is 0.489. The van der Waals surface area contributed by atoms with Crippen molar-refractivity contribution in [2.45, 2.75) is 95.1 Å². The zero-order valence-electron chi connectivity index (χ0n) is 36.7. The van der Waals surface area contributed by atoms with Crippen molar-refractivity contribution in [1.82, 2.24) is 45.1 Å². The molecule has 4 aromatic rings. The van der Waals surface area contributed by atoms with Gasteiger partial charge in [-0.1, -0.05) is 30.2 Å². The highest BCUT2D eigenvalue weighted by molar-refractivity contribution is 6.06. The molecular weight excluding hydrogens is 835 g/mol. The van der Waals surface area contributed by atoms with Gasteiger partial charge >= 0.3 is 6.01 Å². The molecule has 2 aromatic heterocycles. The number of hydrogen-bond donors (Lipinski definition) is 5. The van der Waals surface area contributed by atoms with Crippen molar-refractivity contribution in [3.05, 3.63) is 76.9 Å². The van der Waals surface area contributed by atoms with E-state index in [0.29, 0.717) is 67.4 Å². The second-order valence-corrected chi connectivity index (χ2v) is 18.0.